The van der Waals surface area contributed by atoms with Crippen LogP contribution in [0.2, 0.25) is 0 Å². The Morgan fingerprint density at radius 3 is 2.58 bits per heavy atom. The first kappa shape index (κ1) is 25.3. The van der Waals surface area contributed by atoms with Crippen molar-refractivity contribution in [2.75, 3.05) is 24.6 Å². The second-order valence-electron chi connectivity index (χ2n) is 12.4. The zero-order valence-corrected chi connectivity index (χ0v) is 21.8. The zero-order valence-electron chi connectivity index (χ0n) is 21.8. The molecule has 1 aromatic heterocycles. The van der Waals surface area contributed by atoms with Crippen LogP contribution >= 0.6 is 0 Å². The van der Waals surface area contributed by atoms with Crippen molar-refractivity contribution in [3.8, 4) is 5.88 Å². The van der Waals surface area contributed by atoms with Gasteiger partial charge < -0.3 is 25.2 Å². The van der Waals surface area contributed by atoms with Crippen LogP contribution in [0.4, 0.5) is 5.82 Å². The van der Waals surface area contributed by atoms with Crippen LogP contribution in [-0.2, 0) is 4.79 Å². The summed E-state index contributed by atoms with van der Waals surface area (Å²) in [5.41, 5.74) is -0.900. The third-order valence-electron chi connectivity index (χ3n) is 9.39. The molecule has 3 N–H and O–H groups in total. The molecule has 2 heterocycles. The van der Waals surface area contributed by atoms with Gasteiger partial charge in [-0.2, -0.15) is 4.98 Å². The zero-order chi connectivity index (χ0) is 25.7. The molecular weight excluding hydrogens is 458 g/mol. The van der Waals surface area contributed by atoms with E-state index in [0.29, 0.717) is 42.3 Å². The molecule has 1 saturated heterocycles. The fraction of sp³-hybridized carbons (Fsp3) is 0.750. The number of nitrogens with zero attached hydrogens (tertiary/aromatic N) is 2. The molecule has 198 valence electrons. The number of pyridine rings is 1. The number of aromatic nitrogens is 1. The molecule has 0 radical (unpaired) electrons. The van der Waals surface area contributed by atoms with Crippen molar-refractivity contribution in [1.29, 1.82) is 0 Å². The Labute approximate surface area is 213 Å². The quantitative estimate of drug-likeness (QED) is 0.498. The van der Waals surface area contributed by atoms with Crippen molar-refractivity contribution in [1.82, 2.24) is 10.3 Å². The summed E-state index contributed by atoms with van der Waals surface area (Å²) in [4.78, 5) is 32.2. The summed E-state index contributed by atoms with van der Waals surface area (Å²) in [5, 5.41) is 23.9. The number of anilines is 1. The smallest absolute Gasteiger partial charge is 0.309 e. The summed E-state index contributed by atoms with van der Waals surface area (Å²) < 4.78 is 5.96. The molecule has 4 bridgehead atoms. The Balaban J connectivity index is 1.33. The van der Waals surface area contributed by atoms with E-state index in [4.69, 9.17) is 9.72 Å². The number of aliphatic carboxylic acids is 1. The molecule has 1 aromatic rings. The molecule has 5 fully saturated rings. The topological polar surface area (TPSA) is 112 Å². The van der Waals surface area contributed by atoms with E-state index in [1.165, 1.54) is 0 Å². The first-order valence-corrected chi connectivity index (χ1v) is 13.7. The van der Waals surface area contributed by atoms with Crippen molar-refractivity contribution < 1.29 is 24.5 Å². The number of ether oxygens (including phenoxy) is 1. The molecule has 1 amide bonds. The van der Waals surface area contributed by atoms with Gasteiger partial charge in [-0.15, -0.1) is 0 Å². The van der Waals surface area contributed by atoms with E-state index in [0.717, 1.165) is 63.7 Å². The van der Waals surface area contributed by atoms with E-state index in [2.05, 4.69) is 10.2 Å². The van der Waals surface area contributed by atoms with E-state index in [-0.39, 0.29) is 17.9 Å². The van der Waals surface area contributed by atoms with E-state index >= 15 is 0 Å². The van der Waals surface area contributed by atoms with E-state index in [1.54, 1.807) is 19.9 Å². The van der Waals surface area contributed by atoms with Gasteiger partial charge in [-0.1, -0.05) is 6.92 Å². The number of nitrogens with one attached hydrogen (secondary N) is 1. The van der Waals surface area contributed by atoms with Crippen molar-refractivity contribution in [3.05, 3.63) is 17.7 Å². The number of rotatable bonds is 8. The lowest BCUT2D eigenvalue weighted by molar-refractivity contribution is -0.150. The van der Waals surface area contributed by atoms with Gasteiger partial charge in [0, 0.05) is 19.1 Å². The standard InChI is InChI=1S/C28H41N3O5/c1-4-10-36-25-21(24(32)30-23-18-11-17-12-19(23)15-28(35,13-17)14-18)7-8-22(29-25)31-9-5-6-20(16-31)27(2,3)26(33)34/h7-8,17-20,23,35H,4-6,9-16H2,1-3H3,(H,30,32)(H,33,34)/t17?,18?,19?,20?,23-,28+. The number of piperidine rings is 1. The minimum absolute atomic E-state index is 0.0141. The Morgan fingerprint density at radius 2 is 1.94 bits per heavy atom. The highest BCUT2D eigenvalue weighted by atomic mass is 16.5. The average Bonchev–Trinajstić information content (AvgIpc) is 2.83. The molecule has 3 atom stereocenters. The minimum Gasteiger partial charge on any atom is -0.481 e. The summed E-state index contributed by atoms with van der Waals surface area (Å²) in [5.74, 6) is 1.39. The second-order valence-corrected chi connectivity index (χ2v) is 12.4. The maximum absolute atomic E-state index is 13.5. The summed E-state index contributed by atoms with van der Waals surface area (Å²) in [6.07, 6.45) is 7.23. The number of carboxylic acid groups (broad SMARTS) is 1. The lowest BCUT2D eigenvalue weighted by Gasteiger charge is -2.58. The maximum Gasteiger partial charge on any atom is 0.309 e. The van der Waals surface area contributed by atoms with Gasteiger partial charge in [0.05, 0.1) is 17.6 Å². The summed E-state index contributed by atoms with van der Waals surface area (Å²) in [7, 11) is 0. The van der Waals surface area contributed by atoms with Crippen LogP contribution in [0, 0.1) is 29.1 Å². The van der Waals surface area contributed by atoms with Gasteiger partial charge in [0.2, 0.25) is 5.88 Å². The summed E-state index contributed by atoms with van der Waals surface area (Å²) in [6.45, 7) is 7.49. The second kappa shape index (κ2) is 9.51. The molecular formula is C28H41N3O5. The number of carbonyl (C=O) groups is 2. The molecule has 0 spiro atoms. The van der Waals surface area contributed by atoms with E-state index in [9.17, 15) is 19.8 Å². The highest BCUT2D eigenvalue weighted by Crippen LogP contribution is 2.55. The van der Waals surface area contributed by atoms with Crippen LogP contribution in [0.5, 0.6) is 5.88 Å². The molecule has 8 heteroatoms. The minimum atomic E-state index is -0.814. The van der Waals surface area contributed by atoms with Gasteiger partial charge in [-0.05, 0) is 101 Å². The van der Waals surface area contributed by atoms with Gasteiger partial charge in [0.1, 0.15) is 11.4 Å². The molecule has 5 aliphatic rings. The predicted octanol–water partition coefficient (Wildman–Crippen LogP) is 3.87. The number of hydrogen-bond acceptors (Lipinski definition) is 6. The molecule has 3 unspecified atom stereocenters. The third-order valence-corrected chi connectivity index (χ3v) is 9.39. The number of carboxylic acids is 1. The van der Waals surface area contributed by atoms with Crippen LogP contribution in [0.25, 0.3) is 0 Å². The summed E-state index contributed by atoms with van der Waals surface area (Å²) >= 11 is 0. The number of carbonyl (C=O) groups excluding carboxylic acids is 1. The Kier molecular flexibility index (Phi) is 6.68. The summed E-state index contributed by atoms with van der Waals surface area (Å²) in [6, 6.07) is 3.76. The molecule has 4 saturated carbocycles. The van der Waals surface area contributed by atoms with Crippen LogP contribution in [0.15, 0.2) is 12.1 Å². The lowest BCUT2D eigenvalue weighted by atomic mass is 9.52. The first-order valence-electron chi connectivity index (χ1n) is 13.7. The Hall–Kier alpha value is -2.35. The van der Waals surface area contributed by atoms with Gasteiger partial charge in [-0.25, -0.2) is 0 Å². The van der Waals surface area contributed by atoms with Crippen LogP contribution in [-0.4, -0.2) is 58.4 Å². The molecule has 8 nitrogen and oxygen atoms in total. The van der Waals surface area contributed by atoms with Crippen molar-refractivity contribution >= 4 is 17.7 Å². The van der Waals surface area contributed by atoms with Crippen LogP contribution in [0.3, 0.4) is 0 Å². The number of hydrogen-bond donors (Lipinski definition) is 3. The fourth-order valence-corrected chi connectivity index (χ4v) is 7.48. The van der Waals surface area contributed by atoms with Crippen molar-refractivity contribution in [2.45, 2.75) is 83.8 Å². The monoisotopic (exact) mass is 499 g/mol. The molecule has 6 rings (SSSR count). The Morgan fingerprint density at radius 1 is 1.22 bits per heavy atom. The van der Waals surface area contributed by atoms with E-state index < -0.39 is 17.0 Å². The normalized spacial score (nSPS) is 33.4. The molecule has 4 aliphatic carbocycles. The highest BCUT2D eigenvalue weighted by molar-refractivity contribution is 5.97. The largest absolute Gasteiger partial charge is 0.481 e. The van der Waals surface area contributed by atoms with Gasteiger partial charge in [-0.3, -0.25) is 9.59 Å². The number of amides is 1. The lowest BCUT2D eigenvalue weighted by Crippen LogP contribution is -2.61. The van der Waals surface area contributed by atoms with Gasteiger partial charge in [0.25, 0.3) is 5.91 Å². The molecule has 0 aromatic carbocycles. The third kappa shape index (κ3) is 4.69. The first-order chi connectivity index (χ1) is 17.1. The average molecular weight is 500 g/mol. The van der Waals surface area contributed by atoms with E-state index in [1.807, 2.05) is 13.0 Å². The van der Waals surface area contributed by atoms with Gasteiger partial charge >= 0.3 is 5.97 Å². The van der Waals surface area contributed by atoms with Crippen LogP contribution < -0.4 is 15.0 Å². The van der Waals surface area contributed by atoms with Crippen molar-refractivity contribution in [2.24, 2.45) is 29.1 Å². The predicted molar refractivity (Wildman–Crippen MR) is 136 cm³/mol. The highest BCUT2D eigenvalue weighted by Gasteiger charge is 2.55. The molecule has 1 aliphatic heterocycles. The maximum atomic E-state index is 13.5. The SMILES string of the molecule is CCCOc1nc(N2CCCC(C(C)(C)C(=O)O)C2)ccc1C(=O)N[C@H]1C2CC3CC1C[C@@](O)(C3)C2. The Bertz CT molecular complexity index is 995. The van der Waals surface area contributed by atoms with Gasteiger partial charge in [0.15, 0.2) is 0 Å². The molecule has 36 heavy (non-hydrogen) atoms. The number of aliphatic hydroxyl groups is 1. The fourth-order valence-electron chi connectivity index (χ4n) is 7.48. The van der Waals surface area contributed by atoms with Crippen LogP contribution in [0.1, 0.15) is 82.5 Å². The van der Waals surface area contributed by atoms with Crippen molar-refractivity contribution in [3.63, 3.8) is 0 Å².